The van der Waals surface area contributed by atoms with Crippen LogP contribution < -0.4 is 9.47 Å². The Morgan fingerprint density at radius 2 is 1.58 bits per heavy atom. The first-order chi connectivity index (χ1) is 5.69. The van der Waals surface area contributed by atoms with Crippen molar-refractivity contribution in [3.05, 3.63) is 17.7 Å². The van der Waals surface area contributed by atoms with Crippen LogP contribution in [-0.4, -0.2) is 19.3 Å². The Morgan fingerprint density at radius 3 is 2.08 bits per heavy atom. The van der Waals surface area contributed by atoms with E-state index in [-0.39, 0.29) is 5.75 Å². The largest absolute Gasteiger partial charge is 0.508 e. The predicted molar refractivity (Wildman–Crippen MR) is 45.9 cm³/mol. The lowest BCUT2D eigenvalue weighted by Gasteiger charge is -2.08. The number of phenolic OH excluding ortho intramolecular Hbond substituents is 1. The summed E-state index contributed by atoms with van der Waals surface area (Å²) < 4.78 is 10.0. The van der Waals surface area contributed by atoms with Gasteiger partial charge in [0, 0.05) is 6.07 Å². The van der Waals surface area contributed by atoms with Crippen LogP contribution in [0.3, 0.4) is 0 Å². The molecule has 0 atom stereocenters. The Balaban J connectivity index is 3.19. The molecule has 0 heterocycles. The van der Waals surface area contributed by atoms with Crippen molar-refractivity contribution in [3.8, 4) is 17.2 Å². The third-order valence-electron chi connectivity index (χ3n) is 1.70. The van der Waals surface area contributed by atoms with Crippen LogP contribution in [0.1, 0.15) is 5.56 Å². The molecule has 0 fully saturated rings. The zero-order valence-electron chi connectivity index (χ0n) is 7.42. The van der Waals surface area contributed by atoms with E-state index in [1.807, 2.05) is 0 Å². The molecule has 0 radical (unpaired) electrons. The van der Waals surface area contributed by atoms with Crippen LogP contribution in [0.2, 0.25) is 0 Å². The lowest BCUT2D eigenvalue weighted by Crippen LogP contribution is -1.90. The molecule has 1 aromatic rings. The van der Waals surface area contributed by atoms with E-state index < -0.39 is 0 Å². The van der Waals surface area contributed by atoms with Gasteiger partial charge in [-0.1, -0.05) is 0 Å². The first-order valence-corrected chi connectivity index (χ1v) is 3.60. The lowest BCUT2D eigenvalue weighted by atomic mass is 10.2. The third-order valence-corrected chi connectivity index (χ3v) is 1.70. The summed E-state index contributed by atoms with van der Waals surface area (Å²) in [6, 6.07) is 3.27. The van der Waals surface area contributed by atoms with E-state index in [1.165, 1.54) is 13.2 Å². The van der Waals surface area contributed by atoms with Gasteiger partial charge in [0.15, 0.2) is 11.5 Å². The summed E-state index contributed by atoms with van der Waals surface area (Å²) in [6.45, 7) is 1.80. The monoisotopic (exact) mass is 168 g/mol. The zero-order chi connectivity index (χ0) is 9.14. The molecule has 1 aromatic carbocycles. The molecule has 0 amide bonds. The number of ether oxygens (including phenoxy) is 2. The van der Waals surface area contributed by atoms with E-state index in [1.54, 1.807) is 20.1 Å². The Kier molecular flexibility index (Phi) is 2.43. The molecular weight excluding hydrogens is 156 g/mol. The molecule has 0 aliphatic heterocycles. The second-order valence-corrected chi connectivity index (χ2v) is 2.49. The summed E-state index contributed by atoms with van der Waals surface area (Å²) in [4.78, 5) is 0. The van der Waals surface area contributed by atoms with Gasteiger partial charge in [0.1, 0.15) is 5.75 Å². The molecule has 12 heavy (non-hydrogen) atoms. The van der Waals surface area contributed by atoms with Crippen molar-refractivity contribution >= 4 is 0 Å². The van der Waals surface area contributed by atoms with Gasteiger partial charge < -0.3 is 14.6 Å². The first-order valence-electron chi connectivity index (χ1n) is 3.60. The summed E-state index contributed by atoms with van der Waals surface area (Å²) in [5, 5.41) is 9.32. The van der Waals surface area contributed by atoms with Crippen LogP contribution >= 0.6 is 0 Å². The van der Waals surface area contributed by atoms with E-state index in [0.29, 0.717) is 11.5 Å². The molecule has 0 saturated heterocycles. The second-order valence-electron chi connectivity index (χ2n) is 2.49. The van der Waals surface area contributed by atoms with Crippen molar-refractivity contribution < 1.29 is 14.6 Å². The molecular formula is C9H12O3. The Labute approximate surface area is 71.5 Å². The highest BCUT2D eigenvalue weighted by Crippen LogP contribution is 2.33. The fourth-order valence-electron chi connectivity index (χ4n) is 0.970. The molecule has 66 valence electrons. The fraction of sp³-hybridized carbons (Fsp3) is 0.333. The smallest absolute Gasteiger partial charge is 0.164 e. The SMILES string of the molecule is COc1cc(C)c(O)cc1OC. The summed E-state index contributed by atoms with van der Waals surface area (Å²) in [6.07, 6.45) is 0. The lowest BCUT2D eigenvalue weighted by molar-refractivity contribution is 0.351. The van der Waals surface area contributed by atoms with E-state index in [9.17, 15) is 5.11 Å². The van der Waals surface area contributed by atoms with Gasteiger partial charge in [-0.25, -0.2) is 0 Å². The van der Waals surface area contributed by atoms with Crippen LogP contribution in [0, 0.1) is 6.92 Å². The van der Waals surface area contributed by atoms with Crippen molar-refractivity contribution in [2.75, 3.05) is 14.2 Å². The molecule has 0 aliphatic rings. The Hall–Kier alpha value is -1.38. The summed E-state index contributed by atoms with van der Waals surface area (Å²) in [5.41, 5.74) is 0.771. The number of hydrogen-bond acceptors (Lipinski definition) is 3. The number of phenols is 1. The second kappa shape index (κ2) is 3.34. The molecule has 1 N–H and O–H groups in total. The van der Waals surface area contributed by atoms with Crippen molar-refractivity contribution in [2.45, 2.75) is 6.92 Å². The maximum Gasteiger partial charge on any atom is 0.164 e. The van der Waals surface area contributed by atoms with Crippen LogP contribution in [0.25, 0.3) is 0 Å². The van der Waals surface area contributed by atoms with Crippen LogP contribution in [0.5, 0.6) is 17.2 Å². The highest BCUT2D eigenvalue weighted by Gasteiger charge is 2.06. The van der Waals surface area contributed by atoms with Gasteiger partial charge in [0.25, 0.3) is 0 Å². The molecule has 0 spiro atoms. The number of rotatable bonds is 2. The number of hydrogen-bond donors (Lipinski definition) is 1. The highest BCUT2D eigenvalue weighted by atomic mass is 16.5. The highest BCUT2D eigenvalue weighted by molar-refractivity contribution is 5.49. The topological polar surface area (TPSA) is 38.7 Å². The van der Waals surface area contributed by atoms with Gasteiger partial charge in [-0.15, -0.1) is 0 Å². The van der Waals surface area contributed by atoms with Crippen molar-refractivity contribution in [3.63, 3.8) is 0 Å². The van der Waals surface area contributed by atoms with E-state index >= 15 is 0 Å². The molecule has 0 aromatic heterocycles. The molecule has 0 unspecified atom stereocenters. The maximum atomic E-state index is 9.32. The van der Waals surface area contributed by atoms with Crippen molar-refractivity contribution in [1.82, 2.24) is 0 Å². The number of benzene rings is 1. The zero-order valence-corrected chi connectivity index (χ0v) is 7.42. The van der Waals surface area contributed by atoms with Gasteiger partial charge >= 0.3 is 0 Å². The molecule has 0 saturated carbocycles. The molecule has 3 heteroatoms. The van der Waals surface area contributed by atoms with Crippen molar-refractivity contribution in [2.24, 2.45) is 0 Å². The van der Waals surface area contributed by atoms with E-state index in [2.05, 4.69) is 0 Å². The summed E-state index contributed by atoms with van der Waals surface area (Å²) >= 11 is 0. The van der Waals surface area contributed by atoms with Gasteiger partial charge in [-0.05, 0) is 18.6 Å². The Bertz CT molecular complexity index is 252. The van der Waals surface area contributed by atoms with Gasteiger partial charge in [0.05, 0.1) is 14.2 Å². The molecule has 0 aliphatic carbocycles. The quantitative estimate of drug-likeness (QED) is 0.730. The van der Waals surface area contributed by atoms with Crippen LogP contribution in [0.4, 0.5) is 0 Å². The predicted octanol–water partition coefficient (Wildman–Crippen LogP) is 1.72. The van der Waals surface area contributed by atoms with Gasteiger partial charge in [-0.3, -0.25) is 0 Å². The van der Waals surface area contributed by atoms with Crippen LogP contribution in [-0.2, 0) is 0 Å². The minimum Gasteiger partial charge on any atom is -0.508 e. The Morgan fingerprint density at radius 1 is 1.08 bits per heavy atom. The average Bonchev–Trinajstić information content (AvgIpc) is 2.09. The number of aryl methyl sites for hydroxylation is 1. The summed E-state index contributed by atoms with van der Waals surface area (Å²) in [7, 11) is 3.10. The standard InChI is InChI=1S/C9H12O3/c1-6-4-8(11-2)9(12-3)5-7(6)10/h4-5,10H,1-3H3. The summed E-state index contributed by atoms with van der Waals surface area (Å²) in [5.74, 6) is 1.39. The number of aromatic hydroxyl groups is 1. The first kappa shape index (κ1) is 8.71. The maximum absolute atomic E-state index is 9.32. The van der Waals surface area contributed by atoms with Crippen LogP contribution in [0.15, 0.2) is 12.1 Å². The molecule has 1 rings (SSSR count). The van der Waals surface area contributed by atoms with E-state index in [0.717, 1.165) is 5.56 Å². The fourth-order valence-corrected chi connectivity index (χ4v) is 0.970. The van der Waals surface area contributed by atoms with E-state index in [4.69, 9.17) is 9.47 Å². The van der Waals surface area contributed by atoms with Gasteiger partial charge in [0.2, 0.25) is 0 Å². The van der Waals surface area contributed by atoms with Gasteiger partial charge in [-0.2, -0.15) is 0 Å². The molecule has 0 bridgehead atoms. The minimum atomic E-state index is 0.215. The van der Waals surface area contributed by atoms with Crippen molar-refractivity contribution in [1.29, 1.82) is 0 Å². The minimum absolute atomic E-state index is 0.215. The normalized spacial score (nSPS) is 9.58. The number of methoxy groups -OCH3 is 2. The average molecular weight is 168 g/mol. The molecule has 3 nitrogen and oxygen atoms in total. The third kappa shape index (κ3) is 1.44.